The summed E-state index contributed by atoms with van der Waals surface area (Å²) in [5.74, 6) is -0.483. The molecule has 1 N–H and O–H groups in total. The fourth-order valence-corrected chi connectivity index (χ4v) is 5.43. The lowest BCUT2D eigenvalue weighted by atomic mass is 9.74. The maximum absolute atomic E-state index is 13.5. The van der Waals surface area contributed by atoms with Crippen LogP contribution in [0.3, 0.4) is 0 Å². The van der Waals surface area contributed by atoms with Gasteiger partial charge in [-0.3, -0.25) is 9.59 Å². The Hall–Kier alpha value is -2.62. The van der Waals surface area contributed by atoms with Gasteiger partial charge in [0.05, 0.1) is 0 Å². The van der Waals surface area contributed by atoms with Gasteiger partial charge in [-0.1, -0.05) is 90.6 Å². The molecule has 0 heterocycles. The predicted octanol–water partition coefficient (Wildman–Crippen LogP) is 7.51. The molecule has 4 atom stereocenters. The van der Waals surface area contributed by atoms with Crippen LogP contribution in [0.15, 0.2) is 78.9 Å². The molecular weight excluding hydrogens is 477 g/mol. The van der Waals surface area contributed by atoms with Gasteiger partial charge in [-0.2, -0.15) is 0 Å². The van der Waals surface area contributed by atoms with Crippen LogP contribution in [-0.2, 0) is 11.2 Å². The van der Waals surface area contributed by atoms with Crippen molar-refractivity contribution in [2.75, 3.05) is 0 Å². The molecule has 0 saturated heterocycles. The van der Waals surface area contributed by atoms with Gasteiger partial charge in [0.1, 0.15) is 0 Å². The molecule has 35 heavy (non-hydrogen) atoms. The molecule has 0 radical (unpaired) electrons. The highest BCUT2D eigenvalue weighted by Gasteiger charge is 2.37. The van der Waals surface area contributed by atoms with E-state index >= 15 is 0 Å². The zero-order chi connectivity index (χ0) is 24.8. The number of benzene rings is 3. The summed E-state index contributed by atoms with van der Waals surface area (Å²) in [6, 6.07) is 24.9. The fourth-order valence-electron chi connectivity index (χ4n) is 5.17. The van der Waals surface area contributed by atoms with Gasteiger partial charge in [0.15, 0.2) is 5.78 Å². The van der Waals surface area contributed by atoms with Crippen molar-refractivity contribution < 1.29 is 9.59 Å². The van der Waals surface area contributed by atoms with E-state index in [0.29, 0.717) is 15.6 Å². The van der Waals surface area contributed by atoms with Gasteiger partial charge in [0.2, 0.25) is 5.91 Å². The molecular formula is C30H31Cl2NO2. The van der Waals surface area contributed by atoms with E-state index < -0.39 is 0 Å². The molecule has 1 saturated carbocycles. The van der Waals surface area contributed by atoms with Gasteiger partial charge in [-0.05, 0) is 61.6 Å². The number of hydrogen-bond donors (Lipinski definition) is 1. The minimum atomic E-state index is -0.305. The first-order chi connectivity index (χ1) is 16.9. The average molecular weight is 508 g/mol. The third-order valence-corrected chi connectivity index (χ3v) is 7.64. The van der Waals surface area contributed by atoms with Crippen LogP contribution in [0.2, 0.25) is 10.0 Å². The molecule has 4 unspecified atom stereocenters. The minimum absolute atomic E-state index is 0.0263. The van der Waals surface area contributed by atoms with E-state index in [1.807, 2.05) is 85.8 Å². The number of amides is 1. The number of rotatable bonds is 8. The Labute approximate surface area is 217 Å². The summed E-state index contributed by atoms with van der Waals surface area (Å²) in [4.78, 5) is 26.8. The van der Waals surface area contributed by atoms with Crippen molar-refractivity contribution in [2.24, 2.45) is 11.8 Å². The molecule has 3 aromatic rings. The Morgan fingerprint density at radius 3 is 2.03 bits per heavy atom. The topological polar surface area (TPSA) is 46.2 Å². The number of ketones is 1. The van der Waals surface area contributed by atoms with E-state index in [-0.39, 0.29) is 35.5 Å². The van der Waals surface area contributed by atoms with Crippen molar-refractivity contribution in [3.8, 4) is 0 Å². The normalized spacial score (nSPS) is 19.5. The Morgan fingerprint density at radius 2 is 1.40 bits per heavy atom. The average Bonchev–Trinajstić information content (AvgIpc) is 2.89. The zero-order valence-corrected chi connectivity index (χ0v) is 21.4. The molecule has 1 amide bonds. The molecule has 0 aliphatic heterocycles. The van der Waals surface area contributed by atoms with Crippen molar-refractivity contribution in [3.05, 3.63) is 106 Å². The van der Waals surface area contributed by atoms with E-state index in [2.05, 4.69) is 5.32 Å². The predicted molar refractivity (Wildman–Crippen MR) is 143 cm³/mol. The van der Waals surface area contributed by atoms with E-state index in [0.717, 1.165) is 43.2 Å². The zero-order valence-electron chi connectivity index (χ0n) is 19.9. The third-order valence-electron chi connectivity index (χ3n) is 7.14. The second kappa shape index (κ2) is 11.9. The van der Waals surface area contributed by atoms with Gasteiger partial charge >= 0.3 is 0 Å². The Kier molecular flexibility index (Phi) is 8.64. The number of carbonyl (C=O) groups excluding carboxylic acids is 2. The molecule has 0 spiro atoms. The molecule has 0 bridgehead atoms. The van der Waals surface area contributed by atoms with Crippen molar-refractivity contribution in [1.82, 2.24) is 5.32 Å². The number of hydrogen-bond acceptors (Lipinski definition) is 2. The highest BCUT2D eigenvalue weighted by molar-refractivity contribution is 6.30. The smallest absolute Gasteiger partial charge is 0.224 e. The van der Waals surface area contributed by atoms with Gasteiger partial charge in [0, 0.05) is 39.4 Å². The summed E-state index contributed by atoms with van der Waals surface area (Å²) in [5.41, 5.74) is 2.94. The van der Waals surface area contributed by atoms with E-state index in [4.69, 9.17) is 23.2 Å². The van der Waals surface area contributed by atoms with E-state index in [1.54, 1.807) is 0 Å². The number of Topliss-reactive ketones (excluding diaryl/α,β-unsaturated/α-hetero) is 1. The molecule has 4 rings (SSSR count). The van der Waals surface area contributed by atoms with E-state index in [9.17, 15) is 9.59 Å². The van der Waals surface area contributed by atoms with E-state index in [1.165, 1.54) is 0 Å². The van der Waals surface area contributed by atoms with Crippen molar-refractivity contribution in [1.29, 1.82) is 0 Å². The van der Waals surface area contributed by atoms with Crippen molar-refractivity contribution in [3.63, 3.8) is 0 Å². The summed E-state index contributed by atoms with van der Waals surface area (Å²) >= 11 is 12.2. The van der Waals surface area contributed by atoms with Crippen LogP contribution in [-0.4, -0.2) is 17.7 Å². The quantitative estimate of drug-likeness (QED) is 0.320. The first-order valence-electron chi connectivity index (χ1n) is 12.3. The monoisotopic (exact) mass is 507 g/mol. The Balaban J connectivity index is 1.53. The Bertz CT molecular complexity index is 1130. The highest BCUT2D eigenvalue weighted by atomic mass is 35.5. The Morgan fingerprint density at radius 1 is 0.829 bits per heavy atom. The first-order valence-corrected chi connectivity index (χ1v) is 13.1. The largest absolute Gasteiger partial charge is 0.353 e. The number of halogens is 2. The van der Waals surface area contributed by atoms with Gasteiger partial charge < -0.3 is 5.32 Å². The van der Waals surface area contributed by atoms with Crippen LogP contribution in [0.25, 0.3) is 0 Å². The summed E-state index contributed by atoms with van der Waals surface area (Å²) in [7, 11) is 0. The van der Waals surface area contributed by atoms with Crippen LogP contribution in [0, 0.1) is 11.8 Å². The van der Waals surface area contributed by atoms with Crippen molar-refractivity contribution >= 4 is 34.9 Å². The third kappa shape index (κ3) is 6.54. The lowest BCUT2D eigenvalue weighted by Crippen LogP contribution is -2.45. The summed E-state index contributed by atoms with van der Waals surface area (Å²) in [5, 5.41) is 4.66. The molecule has 3 nitrogen and oxygen atoms in total. The second-order valence-corrected chi connectivity index (χ2v) is 10.4. The van der Waals surface area contributed by atoms with Crippen molar-refractivity contribution in [2.45, 2.75) is 51.0 Å². The van der Waals surface area contributed by atoms with Crippen LogP contribution < -0.4 is 5.32 Å². The van der Waals surface area contributed by atoms with Gasteiger partial charge in [-0.25, -0.2) is 0 Å². The summed E-state index contributed by atoms with van der Waals surface area (Å²) in [6.45, 7) is 2.05. The maximum Gasteiger partial charge on any atom is 0.224 e. The van der Waals surface area contributed by atoms with Gasteiger partial charge in [0.25, 0.3) is 0 Å². The van der Waals surface area contributed by atoms with Crippen LogP contribution >= 0.6 is 23.2 Å². The van der Waals surface area contributed by atoms with Crippen LogP contribution in [0.4, 0.5) is 0 Å². The number of nitrogens with one attached hydrogen (secondary N) is 1. The standard InChI is InChI=1S/C30H31Cl2NO2/c1-20(28(22-13-17-25(32)18-14-22)19-21-11-15-24(31)16-12-21)33-30(35)27-10-6-5-9-26(27)29(34)23-7-3-2-4-8-23/h2-4,7-8,11-18,20,26-28H,5-6,9-10,19H2,1H3,(H,33,35). The summed E-state index contributed by atoms with van der Waals surface area (Å²) in [6.07, 6.45) is 4.19. The minimum Gasteiger partial charge on any atom is -0.353 e. The molecule has 182 valence electrons. The second-order valence-electron chi connectivity index (χ2n) is 9.51. The first kappa shape index (κ1) is 25.5. The van der Waals surface area contributed by atoms with Crippen LogP contribution in [0.5, 0.6) is 0 Å². The molecule has 0 aromatic heterocycles. The molecule has 1 aliphatic rings. The molecule has 1 fully saturated rings. The number of carbonyl (C=O) groups is 2. The highest BCUT2D eigenvalue weighted by Crippen LogP contribution is 2.34. The molecule has 3 aromatic carbocycles. The lowest BCUT2D eigenvalue weighted by Gasteiger charge is -2.32. The fraction of sp³-hybridized carbons (Fsp3) is 0.333. The van der Waals surface area contributed by atoms with Gasteiger partial charge in [-0.15, -0.1) is 0 Å². The molecule has 1 aliphatic carbocycles. The maximum atomic E-state index is 13.5. The van der Waals surface area contributed by atoms with Crippen LogP contribution in [0.1, 0.15) is 60.0 Å². The SMILES string of the molecule is CC(NC(=O)C1CCCCC1C(=O)c1ccccc1)C(Cc1ccc(Cl)cc1)c1ccc(Cl)cc1. The summed E-state index contributed by atoms with van der Waals surface area (Å²) < 4.78 is 0. The lowest BCUT2D eigenvalue weighted by molar-refractivity contribution is -0.128. The molecule has 5 heteroatoms.